The van der Waals surface area contributed by atoms with Crippen molar-refractivity contribution in [2.24, 2.45) is 10.9 Å². The maximum Gasteiger partial charge on any atom is 0.286 e. The summed E-state index contributed by atoms with van der Waals surface area (Å²) in [7, 11) is 0. The zero-order valence-electron chi connectivity index (χ0n) is 17.2. The summed E-state index contributed by atoms with van der Waals surface area (Å²) in [6, 6.07) is 20.7. The van der Waals surface area contributed by atoms with Crippen LogP contribution in [0.2, 0.25) is 0 Å². The van der Waals surface area contributed by atoms with Gasteiger partial charge in [-0.2, -0.15) is 10.1 Å². The van der Waals surface area contributed by atoms with Crippen molar-refractivity contribution in [3.63, 3.8) is 0 Å². The summed E-state index contributed by atoms with van der Waals surface area (Å²) < 4.78 is 0. The number of benzene rings is 2. The van der Waals surface area contributed by atoms with E-state index in [0.29, 0.717) is 10.8 Å². The lowest BCUT2D eigenvalue weighted by Crippen LogP contribution is -2.37. The minimum absolute atomic E-state index is 0.161. The van der Waals surface area contributed by atoms with Crippen molar-refractivity contribution in [2.75, 3.05) is 13.1 Å². The number of hydrogen-bond donors (Lipinski definition) is 1. The molecule has 0 radical (unpaired) electrons. The molecule has 1 saturated heterocycles. The van der Waals surface area contributed by atoms with Gasteiger partial charge in [0.05, 0.1) is 16.8 Å². The highest BCUT2D eigenvalue weighted by Crippen LogP contribution is 2.34. The third-order valence-electron chi connectivity index (χ3n) is 5.88. The first-order valence-electron chi connectivity index (χ1n) is 10.7. The average molecular weight is 429 g/mol. The van der Waals surface area contributed by atoms with Crippen LogP contribution in [0.1, 0.15) is 24.0 Å². The smallest absolute Gasteiger partial charge is 0.286 e. The van der Waals surface area contributed by atoms with Gasteiger partial charge in [-0.15, -0.1) is 0 Å². The molecule has 0 spiro atoms. The fourth-order valence-corrected chi connectivity index (χ4v) is 5.15. The van der Waals surface area contributed by atoms with Gasteiger partial charge in [-0.05, 0) is 48.6 Å². The molecule has 1 amide bonds. The molecule has 3 heterocycles. The standard InChI is InChI=1S/C25H24N4OS/c30-24-22(16-21-17-26-28-23(21)20-9-5-2-6-10-20)31-25(27-24)29-13-11-19(12-14-29)15-18-7-3-1-4-8-18/h1-10,16-17,19H,11-15H2,(H,26,28)/b22-16-. The van der Waals surface area contributed by atoms with Gasteiger partial charge in [-0.25, -0.2) is 0 Å². The number of amides is 1. The van der Waals surface area contributed by atoms with Crippen LogP contribution in [0.5, 0.6) is 0 Å². The van der Waals surface area contributed by atoms with Crippen LogP contribution >= 0.6 is 11.8 Å². The van der Waals surface area contributed by atoms with Crippen LogP contribution in [0.25, 0.3) is 17.3 Å². The third-order valence-corrected chi connectivity index (χ3v) is 6.92. The summed E-state index contributed by atoms with van der Waals surface area (Å²) in [6.45, 7) is 1.90. The first-order valence-corrected chi connectivity index (χ1v) is 11.5. The zero-order valence-corrected chi connectivity index (χ0v) is 18.0. The average Bonchev–Trinajstić information content (AvgIpc) is 3.43. The van der Waals surface area contributed by atoms with E-state index in [0.717, 1.165) is 54.3 Å². The molecule has 2 aliphatic rings. The first-order chi connectivity index (χ1) is 15.3. The van der Waals surface area contributed by atoms with E-state index in [-0.39, 0.29) is 5.91 Å². The number of aromatic nitrogens is 2. The van der Waals surface area contributed by atoms with Gasteiger partial charge in [0.15, 0.2) is 5.17 Å². The second kappa shape index (κ2) is 8.94. The normalized spacial score (nSPS) is 18.6. The molecule has 0 unspecified atom stereocenters. The summed E-state index contributed by atoms with van der Waals surface area (Å²) in [5.41, 5.74) is 4.27. The molecule has 0 bridgehead atoms. The van der Waals surface area contributed by atoms with Crippen LogP contribution in [0.3, 0.4) is 0 Å². The van der Waals surface area contributed by atoms with E-state index in [1.165, 1.54) is 17.3 Å². The number of hydrogen-bond acceptors (Lipinski definition) is 4. The van der Waals surface area contributed by atoms with Crippen molar-refractivity contribution in [1.29, 1.82) is 0 Å². The monoisotopic (exact) mass is 428 g/mol. The number of piperidine rings is 1. The minimum atomic E-state index is -0.161. The lowest BCUT2D eigenvalue weighted by Gasteiger charge is -2.32. The molecule has 5 nitrogen and oxygen atoms in total. The van der Waals surface area contributed by atoms with Crippen molar-refractivity contribution < 1.29 is 4.79 Å². The Morgan fingerprint density at radius 1 is 1.03 bits per heavy atom. The summed E-state index contributed by atoms with van der Waals surface area (Å²) in [6.07, 6.45) is 7.04. The Morgan fingerprint density at radius 3 is 2.48 bits per heavy atom. The molecule has 1 N–H and O–H groups in total. The molecule has 156 valence electrons. The van der Waals surface area contributed by atoms with Crippen LogP contribution in [-0.2, 0) is 11.2 Å². The van der Waals surface area contributed by atoms with E-state index < -0.39 is 0 Å². The highest BCUT2D eigenvalue weighted by Gasteiger charge is 2.29. The Hall–Kier alpha value is -3.12. The largest absolute Gasteiger partial charge is 0.351 e. The van der Waals surface area contributed by atoms with Crippen LogP contribution in [0.4, 0.5) is 0 Å². The molecule has 1 aromatic heterocycles. The molecular formula is C25H24N4OS. The second-order valence-corrected chi connectivity index (χ2v) is 9.01. The van der Waals surface area contributed by atoms with Gasteiger partial charge in [0.2, 0.25) is 0 Å². The number of nitrogens with one attached hydrogen (secondary N) is 1. The molecule has 31 heavy (non-hydrogen) atoms. The number of amidine groups is 1. The number of nitrogens with zero attached hydrogens (tertiary/aromatic N) is 3. The Bertz CT molecular complexity index is 1110. The Kier molecular flexibility index (Phi) is 5.71. The van der Waals surface area contributed by atoms with E-state index >= 15 is 0 Å². The molecule has 0 atom stereocenters. The van der Waals surface area contributed by atoms with Crippen molar-refractivity contribution in [1.82, 2.24) is 15.1 Å². The number of thioether (sulfide) groups is 1. The van der Waals surface area contributed by atoms with Crippen LogP contribution in [0.15, 0.2) is 76.8 Å². The van der Waals surface area contributed by atoms with E-state index in [2.05, 4.69) is 50.4 Å². The number of likely N-dealkylation sites (tertiary alicyclic amines) is 1. The summed E-state index contributed by atoms with van der Waals surface area (Å²) in [4.78, 5) is 19.8. The van der Waals surface area contributed by atoms with Gasteiger partial charge in [0, 0.05) is 24.2 Å². The Morgan fingerprint density at radius 2 is 1.74 bits per heavy atom. The van der Waals surface area contributed by atoms with E-state index in [1.54, 1.807) is 6.20 Å². The van der Waals surface area contributed by atoms with Crippen LogP contribution < -0.4 is 0 Å². The molecular weight excluding hydrogens is 404 g/mol. The second-order valence-electron chi connectivity index (χ2n) is 8.00. The zero-order chi connectivity index (χ0) is 21.0. The molecule has 3 aromatic rings. The maximum atomic E-state index is 12.6. The number of aliphatic imine (C=N–C) groups is 1. The summed E-state index contributed by atoms with van der Waals surface area (Å²) in [5, 5.41) is 8.06. The van der Waals surface area contributed by atoms with E-state index in [1.807, 2.05) is 36.4 Å². The van der Waals surface area contributed by atoms with Gasteiger partial charge in [0.1, 0.15) is 0 Å². The number of carbonyl (C=O) groups excluding carboxylic acids is 1. The van der Waals surface area contributed by atoms with E-state index in [9.17, 15) is 4.79 Å². The molecule has 2 aliphatic heterocycles. The molecule has 0 aliphatic carbocycles. The topological polar surface area (TPSA) is 61.4 Å². The fraction of sp³-hybridized carbons (Fsp3) is 0.240. The van der Waals surface area contributed by atoms with Gasteiger partial charge in [-0.3, -0.25) is 9.89 Å². The van der Waals surface area contributed by atoms with E-state index in [4.69, 9.17) is 0 Å². The van der Waals surface area contributed by atoms with Crippen molar-refractivity contribution >= 4 is 28.9 Å². The summed E-state index contributed by atoms with van der Waals surface area (Å²) in [5.74, 6) is 0.530. The minimum Gasteiger partial charge on any atom is -0.351 e. The molecule has 5 rings (SSSR count). The number of H-pyrrole nitrogens is 1. The predicted octanol–water partition coefficient (Wildman–Crippen LogP) is 5.00. The van der Waals surface area contributed by atoms with Crippen molar-refractivity contribution in [2.45, 2.75) is 19.3 Å². The SMILES string of the molecule is O=C1N=C(N2CCC(Cc3ccccc3)CC2)S/C1=C\c1cn[nH]c1-c1ccccc1. The van der Waals surface area contributed by atoms with Gasteiger partial charge >= 0.3 is 0 Å². The molecule has 0 saturated carbocycles. The van der Waals surface area contributed by atoms with Gasteiger partial charge in [-0.1, -0.05) is 60.7 Å². The molecule has 1 fully saturated rings. The van der Waals surface area contributed by atoms with Crippen molar-refractivity contribution in [3.8, 4) is 11.3 Å². The lowest BCUT2D eigenvalue weighted by molar-refractivity contribution is -0.113. The fourth-order valence-electron chi connectivity index (χ4n) is 4.19. The summed E-state index contributed by atoms with van der Waals surface area (Å²) >= 11 is 1.48. The molecule has 6 heteroatoms. The predicted molar refractivity (Wildman–Crippen MR) is 126 cm³/mol. The highest BCUT2D eigenvalue weighted by molar-refractivity contribution is 8.18. The van der Waals surface area contributed by atoms with Gasteiger partial charge in [0.25, 0.3) is 5.91 Å². The highest BCUT2D eigenvalue weighted by atomic mass is 32.2. The Balaban J connectivity index is 1.23. The van der Waals surface area contributed by atoms with Crippen LogP contribution in [0, 0.1) is 5.92 Å². The number of aromatic amines is 1. The van der Waals surface area contributed by atoms with Crippen LogP contribution in [-0.4, -0.2) is 39.3 Å². The number of carbonyl (C=O) groups is 1. The number of rotatable bonds is 4. The molecule has 2 aromatic carbocycles. The van der Waals surface area contributed by atoms with Gasteiger partial charge < -0.3 is 4.90 Å². The third kappa shape index (κ3) is 4.49. The first kappa shape index (κ1) is 19.8. The van der Waals surface area contributed by atoms with Crippen molar-refractivity contribution in [3.05, 3.63) is 82.9 Å². The quantitative estimate of drug-likeness (QED) is 0.594. The lowest BCUT2D eigenvalue weighted by atomic mass is 9.90. The Labute approximate surface area is 186 Å². The maximum absolute atomic E-state index is 12.6.